The Hall–Kier alpha value is -1.79. The SMILES string of the molecule is CC(C)Cn1ncnc1CN1CCC[C@@H]1c1nc2ccccc2s1. The quantitative estimate of drug-likeness (QED) is 0.706. The standard InChI is InChI=1S/C18H23N5S/c1-13(2)10-23-17(19-12-20-23)11-22-9-5-7-15(22)18-21-14-6-3-4-8-16(14)24-18/h3-4,6,8,12-13,15H,5,7,9-11H2,1-2H3/t15-/m1/s1. The van der Waals surface area contributed by atoms with Gasteiger partial charge >= 0.3 is 0 Å². The molecule has 0 spiro atoms. The fourth-order valence-electron chi connectivity index (χ4n) is 3.42. The first-order valence-corrected chi connectivity index (χ1v) is 9.48. The molecule has 1 aromatic carbocycles. The predicted octanol–water partition coefficient (Wildman–Crippen LogP) is 3.88. The van der Waals surface area contributed by atoms with E-state index in [0.29, 0.717) is 12.0 Å². The number of hydrogen-bond acceptors (Lipinski definition) is 5. The highest BCUT2D eigenvalue weighted by Crippen LogP contribution is 2.37. The van der Waals surface area contributed by atoms with Crippen LogP contribution in [0.4, 0.5) is 0 Å². The van der Waals surface area contributed by atoms with Crippen molar-refractivity contribution in [3.8, 4) is 0 Å². The maximum Gasteiger partial charge on any atom is 0.141 e. The second-order valence-electron chi connectivity index (χ2n) is 6.90. The first-order valence-electron chi connectivity index (χ1n) is 8.67. The number of benzene rings is 1. The van der Waals surface area contributed by atoms with Crippen LogP contribution in [0, 0.1) is 5.92 Å². The van der Waals surface area contributed by atoms with Crippen molar-refractivity contribution in [2.45, 2.75) is 45.8 Å². The molecule has 1 fully saturated rings. The molecule has 126 valence electrons. The number of para-hydroxylation sites is 1. The van der Waals surface area contributed by atoms with Crippen LogP contribution in [0.2, 0.25) is 0 Å². The molecule has 0 aliphatic carbocycles. The Labute approximate surface area is 146 Å². The third-order valence-electron chi connectivity index (χ3n) is 4.54. The minimum Gasteiger partial charge on any atom is -0.287 e. The second kappa shape index (κ2) is 6.61. The number of fused-ring (bicyclic) bond motifs is 1. The van der Waals surface area contributed by atoms with Crippen molar-refractivity contribution in [3.05, 3.63) is 41.4 Å². The second-order valence-corrected chi connectivity index (χ2v) is 7.96. The largest absolute Gasteiger partial charge is 0.287 e. The van der Waals surface area contributed by atoms with Gasteiger partial charge in [-0.05, 0) is 37.4 Å². The fraction of sp³-hybridized carbons (Fsp3) is 0.500. The summed E-state index contributed by atoms with van der Waals surface area (Å²) in [6.45, 7) is 7.31. The highest BCUT2D eigenvalue weighted by Gasteiger charge is 2.29. The molecule has 0 saturated carbocycles. The molecule has 1 aliphatic rings. The predicted molar refractivity (Wildman–Crippen MR) is 96.9 cm³/mol. The Bertz CT molecular complexity index is 789. The molecular formula is C18H23N5S. The number of hydrogen-bond donors (Lipinski definition) is 0. The van der Waals surface area contributed by atoms with E-state index in [4.69, 9.17) is 4.98 Å². The van der Waals surface area contributed by atoms with Gasteiger partial charge in [-0.2, -0.15) is 5.10 Å². The molecule has 6 heteroatoms. The summed E-state index contributed by atoms with van der Waals surface area (Å²) in [4.78, 5) is 11.9. The summed E-state index contributed by atoms with van der Waals surface area (Å²) in [5.74, 6) is 1.64. The van der Waals surface area contributed by atoms with E-state index in [1.54, 1.807) is 6.33 Å². The zero-order chi connectivity index (χ0) is 16.5. The Morgan fingerprint density at radius 2 is 2.17 bits per heavy atom. The highest BCUT2D eigenvalue weighted by molar-refractivity contribution is 7.18. The summed E-state index contributed by atoms with van der Waals surface area (Å²) in [5, 5.41) is 5.64. The summed E-state index contributed by atoms with van der Waals surface area (Å²) >= 11 is 1.83. The first kappa shape index (κ1) is 15.7. The maximum absolute atomic E-state index is 4.88. The van der Waals surface area contributed by atoms with Gasteiger partial charge in [-0.25, -0.2) is 14.6 Å². The van der Waals surface area contributed by atoms with Crippen LogP contribution in [0.25, 0.3) is 10.2 Å². The van der Waals surface area contributed by atoms with Gasteiger partial charge in [0.25, 0.3) is 0 Å². The molecular weight excluding hydrogens is 318 g/mol. The molecule has 1 saturated heterocycles. The molecule has 5 nitrogen and oxygen atoms in total. The van der Waals surface area contributed by atoms with Crippen molar-refractivity contribution in [2.24, 2.45) is 5.92 Å². The lowest BCUT2D eigenvalue weighted by molar-refractivity contribution is 0.235. The van der Waals surface area contributed by atoms with Gasteiger partial charge in [0.15, 0.2) is 0 Å². The minimum absolute atomic E-state index is 0.409. The van der Waals surface area contributed by atoms with E-state index in [2.05, 4.69) is 57.8 Å². The number of aromatic nitrogens is 4. The zero-order valence-corrected chi connectivity index (χ0v) is 15.0. The smallest absolute Gasteiger partial charge is 0.141 e. The summed E-state index contributed by atoms with van der Waals surface area (Å²) in [6.07, 6.45) is 4.08. The Balaban J connectivity index is 1.56. The van der Waals surface area contributed by atoms with Crippen molar-refractivity contribution in [1.29, 1.82) is 0 Å². The molecule has 1 atom stereocenters. The van der Waals surface area contributed by atoms with Crippen molar-refractivity contribution >= 4 is 21.6 Å². The van der Waals surface area contributed by atoms with Crippen LogP contribution >= 0.6 is 11.3 Å². The summed E-state index contributed by atoms with van der Waals surface area (Å²) in [6, 6.07) is 8.83. The van der Waals surface area contributed by atoms with E-state index >= 15 is 0 Å². The van der Waals surface area contributed by atoms with Crippen LogP contribution in [-0.2, 0) is 13.1 Å². The van der Waals surface area contributed by atoms with Gasteiger partial charge in [-0.3, -0.25) is 4.90 Å². The molecule has 3 heterocycles. The van der Waals surface area contributed by atoms with Gasteiger partial charge in [0, 0.05) is 6.54 Å². The molecule has 1 aliphatic heterocycles. The molecule has 3 aromatic rings. The van der Waals surface area contributed by atoms with Crippen LogP contribution in [-0.4, -0.2) is 31.2 Å². The number of nitrogens with zero attached hydrogens (tertiary/aromatic N) is 5. The fourth-order valence-corrected chi connectivity index (χ4v) is 4.56. The Kier molecular flexibility index (Phi) is 4.33. The van der Waals surface area contributed by atoms with Crippen molar-refractivity contribution in [2.75, 3.05) is 6.54 Å². The zero-order valence-electron chi connectivity index (χ0n) is 14.2. The first-order chi connectivity index (χ1) is 11.7. The summed E-state index contributed by atoms with van der Waals surface area (Å²) in [7, 11) is 0. The lowest BCUT2D eigenvalue weighted by Crippen LogP contribution is -2.25. The number of likely N-dealkylation sites (tertiary alicyclic amines) is 1. The normalized spacial score (nSPS) is 18.9. The van der Waals surface area contributed by atoms with Crippen LogP contribution in [0.5, 0.6) is 0 Å². The van der Waals surface area contributed by atoms with Gasteiger partial charge in [-0.15, -0.1) is 11.3 Å². The summed E-state index contributed by atoms with van der Waals surface area (Å²) in [5.41, 5.74) is 1.12. The monoisotopic (exact) mass is 341 g/mol. The third kappa shape index (κ3) is 3.08. The van der Waals surface area contributed by atoms with Crippen molar-refractivity contribution in [1.82, 2.24) is 24.6 Å². The summed E-state index contributed by atoms with van der Waals surface area (Å²) < 4.78 is 3.33. The van der Waals surface area contributed by atoms with Gasteiger partial charge in [0.05, 0.1) is 22.8 Å². The average Bonchev–Trinajstić information content (AvgIpc) is 3.27. The molecule has 0 amide bonds. The molecule has 2 aromatic heterocycles. The van der Waals surface area contributed by atoms with E-state index in [1.807, 2.05) is 11.3 Å². The van der Waals surface area contributed by atoms with E-state index in [9.17, 15) is 0 Å². The molecule has 0 N–H and O–H groups in total. The van der Waals surface area contributed by atoms with Crippen LogP contribution in [0.3, 0.4) is 0 Å². The Morgan fingerprint density at radius 3 is 3.00 bits per heavy atom. The van der Waals surface area contributed by atoms with Crippen LogP contribution < -0.4 is 0 Å². The van der Waals surface area contributed by atoms with Gasteiger partial charge in [-0.1, -0.05) is 26.0 Å². The molecule has 4 rings (SSSR count). The lowest BCUT2D eigenvalue weighted by Gasteiger charge is -2.22. The van der Waals surface area contributed by atoms with Crippen LogP contribution in [0.15, 0.2) is 30.6 Å². The number of thiazole rings is 1. The topological polar surface area (TPSA) is 46.8 Å². The van der Waals surface area contributed by atoms with Gasteiger partial charge < -0.3 is 0 Å². The van der Waals surface area contributed by atoms with Crippen molar-refractivity contribution < 1.29 is 0 Å². The van der Waals surface area contributed by atoms with Crippen molar-refractivity contribution in [3.63, 3.8) is 0 Å². The molecule has 24 heavy (non-hydrogen) atoms. The molecule has 0 bridgehead atoms. The van der Waals surface area contributed by atoms with E-state index in [1.165, 1.54) is 22.5 Å². The average molecular weight is 341 g/mol. The molecule has 0 unspecified atom stereocenters. The van der Waals surface area contributed by atoms with E-state index in [-0.39, 0.29) is 0 Å². The van der Waals surface area contributed by atoms with E-state index < -0.39 is 0 Å². The van der Waals surface area contributed by atoms with Gasteiger partial charge in [0.1, 0.15) is 17.2 Å². The maximum atomic E-state index is 4.88. The van der Waals surface area contributed by atoms with Gasteiger partial charge in [0.2, 0.25) is 0 Å². The minimum atomic E-state index is 0.409. The number of rotatable bonds is 5. The third-order valence-corrected chi connectivity index (χ3v) is 5.68. The van der Waals surface area contributed by atoms with Crippen LogP contribution in [0.1, 0.15) is 43.6 Å². The Morgan fingerprint density at radius 1 is 1.29 bits per heavy atom. The lowest BCUT2D eigenvalue weighted by atomic mass is 10.2. The van der Waals surface area contributed by atoms with E-state index in [0.717, 1.165) is 31.0 Å². The highest BCUT2D eigenvalue weighted by atomic mass is 32.1. The molecule has 0 radical (unpaired) electrons.